The van der Waals surface area contributed by atoms with E-state index in [1.165, 1.54) is 0 Å². The second kappa shape index (κ2) is 6.54. The lowest BCUT2D eigenvalue weighted by molar-refractivity contribution is 0.102. The van der Waals surface area contributed by atoms with E-state index in [-0.39, 0.29) is 11.9 Å². The van der Waals surface area contributed by atoms with Gasteiger partial charge in [-0.2, -0.15) is 4.98 Å². The third-order valence-corrected chi connectivity index (χ3v) is 3.84. The number of nitrogens with one attached hydrogen (secondary N) is 2. The number of carbonyl (C=O) groups is 1. The van der Waals surface area contributed by atoms with Crippen LogP contribution in [0, 0.1) is 13.8 Å². The molecule has 0 spiro atoms. The number of methoxy groups -OCH3 is 1. The molecule has 2 N–H and O–H groups in total. The van der Waals surface area contributed by atoms with Gasteiger partial charge in [0, 0.05) is 5.56 Å². The van der Waals surface area contributed by atoms with E-state index >= 15 is 0 Å². The average molecular weight is 322 g/mol. The first kappa shape index (κ1) is 15.7. The van der Waals surface area contributed by atoms with Crippen LogP contribution in [0.15, 0.2) is 42.5 Å². The van der Waals surface area contributed by atoms with E-state index in [9.17, 15) is 4.79 Å². The number of H-pyrrole nitrogens is 1. The van der Waals surface area contributed by atoms with Gasteiger partial charge in [-0.1, -0.05) is 18.2 Å². The summed E-state index contributed by atoms with van der Waals surface area (Å²) in [5, 5.41) is 9.57. The molecule has 0 fully saturated rings. The van der Waals surface area contributed by atoms with E-state index < -0.39 is 0 Å². The van der Waals surface area contributed by atoms with Gasteiger partial charge in [0.1, 0.15) is 5.75 Å². The van der Waals surface area contributed by atoms with Crippen LogP contribution in [0.3, 0.4) is 0 Å². The minimum atomic E-state index is -0.247. The zero-order chi connectivity index (χ0) is 17.1. The second-order valence-corrected chi connectivity index (χ2v) is 5.46. The molecular weight excluding hydrogens is 304 g/mol. The maximum atomic E-state index is 12.3. The molecule has 1 heterocycles. The van der Waals surface area contributed by atoms with Crippen molar-refractivity contribution in [2.75, 3.05) is 12.4 Å². The number of hydrogen-bond acceptors (Lipinski definition) is 4. The predicted molar refractivity (Wildman–Crippen MR) is 92.2 cm³/mol. The maximum absolute atomic E-state index is 12.3. The first-order valence-corrected chi connectivity index (χ1v) is 7.53. The largest absolute Gasteiger partial charge is 0.496 e. The fraction of sp³-hybridized carbons (Fsp3) is 0.167. The summed E-state index contributed by atoms with van der Waals surface area (Å²) in [6, 6.07) is 13.0. The van der Waals surface area contributed by atoms with Crippen LogP contribution < -0.4 is 10.1 Å². The van der Waals surface area contributed by atoms with Crippen molar-refractivity contribution >= 4 is 11.9 Å². The molecule has 0 aliphatic rings. The second-order valence-electron chi connectivity index (χ2n) is 5.46. The van der Waals surface area contributed by atoms with E-state index in [1.807, 2.05) is 50.2 Å². The molecular formula is C18H18N4O2. The summed E-state index contributed by atoms with van der Waals surface area (Å²) in [6.07, 6.45) is 0. The number of amides is 1. The molecule has 0 unspecified atom stereocenters. The summed E-state index contributed by atoms with van der Waals surface area (Å²) >= 11 is 0. The van der Waals surface area contributed by atoms with Crippen molar-refractivity contribution in [2.45, 2.75) is 13.8 Å². The SMILES string of the molecule is COc1ccccc1-c1nc(NC(=O)c2ccc(C)c(C)c2)n[nH]1. The van der Waals surface area contributed by atoms with E-state index in [2.05, 4.69) is 20.5 Å². The highest BCUT2D eigenvalue weighted by molar-refractivity contribution is 6.03. The van der Waals surface area contributed by atoms with Crippen LogP contribution in [-0.4, -0.2) is 28.2 Å². The monoisotopic (exact) mass is 322 g/mol. The number of rotatable bonds is 4. The number of aryl methyl sites for hydroxylation is 2. The molecule has 1 amide bonds. The van der Waals surface area contributed by atoms with Gasteiger partial charge in [0.15, 0.2) is 5.82 Å². The van der Waals surface area contributed by atoms with E-state index in [0.29, 0.717) is 17.1 Å². The third-order valence-electron chi connectivity index (χ3n) is 3.84. The fourth-order valence-corrected chi connectivity index (χ4v) is 2.33. The smallest absolute Gasteiger partial charge is 0.258 e. The Morgan fingerprint density at radius 2 is 1.92 bits per heavy atom. The molecule has 0 atom stereocenters. The number of ether oxygens (including phenoxy) is 1. The Morgan fingerprint density at radius 1 is 1.12 bits per heavy atom. The van der Waals surface area contributed by atoms with Crippen molar-refractivity contribution in [1.82, 2.24) is 15.2 Å². The zero-order valence-corrected chi connectivity index (χ0v) is 13.8. The van der Waals surface area contributed by atoms with E-state index in [1.54, 1.807) is 13.2 Å². The van der Waals surface area contributed by atoms with Gasteiger partial charge in [0.25, 0.3) is 5.91 Å². The molecule has 122 valence electrons. The standard InChI is InChI=1S/C18H18N4O2/c1-11-8-9-13(10-12(11)2)17(23)20-18-19-16(21-22-18)14-6-4-5-7-15(14)24-3/h4-10H,1-3H3,(H2,19,20,21,22,23). The number of aromatic amines is 1. The molecule has 0 saturated carbocycles. The highest BCUT2D eigenvalue weighted by atomic mass is 16.5. The Kier molecular flexibility index (Phi) is 4.29. The zero-order valence-electron chi connectivity index (χ0n) is 13.8. The fourth-order valence-electron chi connectivity index (χ4n) is 2.33. The Bertz CT molecular complexity index is 886. The van der Waals surface area contributed by atoms with E-state index in [0.717, 1.165) is 16.7 Å². The Morgan fingerprint density at radius 3 is 2.67 bits per heavy atom. The highest BCUT2D eigenvalue weighted by Crippen LogP contribution is 2.27. The number of anilines is 1. The molecule has 0 saturated heterocycles. The first-order valence-electron chi connectivity index (χ1n) is 7.53. The molecule has 0 aliphatic heterocycles. The molecule has 3 aromatic rings. The van der Waals surface area contributed by atoms with Gasteiger partial charge in [-0.3, -0.25) is 15.2 Å². The highest BCUT2D eigenvalue weighted by Gasteiger charge is 2.13. The van der Waals surface area contributed by atoms with Gasteiger partial charge < -0.3 is 4.74 Å². The maximum Gasteiger partial charge on any atom is 0.258 e. The van der Waals surface area contributed by atoms with Crippen LogP contribution >= 0.6 is 0 Å². The van der Waals surface area contributed by atoms with E-state index in [4.69, 9.17) is 4.74 Å². The molecule has 0 radical (unpaired) electrons. The van der Waals surface area contributed by atoms with Crippen LogP contribution in [0.1, 0.15) is 21.5 Å². The summed E-state index contributed by atoms with van der Waals surface area (Å²) in [6.45, 7) is 3.98. The Labute approximate surface area is 139 Å². The van der Waals surface area contributed by atoms with Crippen molar-refractivity contribution in [1.29, 1.82) is 0 Å². The van der Waals surface area contributed by atoms with Gasteiger partial charge >= 0.3 is 0 Å². The van der Waals surface area contributed by atoms with Gasteiger partial charge in [0.05, 0.1) is 12.7 Å². The normalized spacial score (nSPS) is 10.5. The topological polar surface area (TPSA) is 79.9 Å². The molecule has 0 bridgehead atoms. The number of carbonyl (C=O) groups excluding carboxylic acids is 1. The van der Waals surface area contributed by atoms with Crippen molar-refractivity contribution in [2.24, 2.45) is 0 Å². The van der Waals surface area contributed by atoms with Gasteiger partial charge in [-0.15, -0.1) is 5.10 Å². The lowest BCUT2D eigenvalue weighted by Gasteiger charge is -2.05. The number of benzene rings is 2. The Hall–Kier alpha value is -3.15. The van der Waals surface area contributed by atoms with Gasteiger partial charge in [0.2, 0.25) is 5.95 Å². The molecule has 0 aliphatic carbocycles. The van der Waals surface area contributed by atoms with Crippen molar-refractivity contribution in [3.8, 4) is 17.1 Å². The predicted octanol–water partition coefficient (Wildman–Crippen LogP) is 3.35. The van der Waals surface area contributed by atoms with Crippen LogP contribution in [-0.2, 0) is 0 Å². The molecule has 3 rings (SSSR count). The third kappa shape index (κ3) is 3.12. The minimum absolute atomic E-state index is 0.221. The van der Waals surface area contributed by atoms with Crippen molar-refractivity contribution in [3.63, 3.8) is 0 Å². The first-order chi connectivity index (χ1) is 11.6. The number of hydrogen-bond donors (Lipinski definition) is 2. The quantitative estimate of drug-likeness (QED) is 0.772. The summed E-state index contributed by atoms with van der Waals surface area (Å²) in [5.74, 6) is 1.19. The van der Waals surface area contributed by atoms with Crippen LogP contribution in [0.25, 0.3) is 11.4 Å². The summed E-state index contributed by atoms with van der Waals surface area (Å²) < 4.78 is 5.31. The molecule has 2 aromatic carbocycles. The summed E-state index contributed by atoms with van der Waals surface area (Å²) in [4.78, 5) is 16.6. The number of aromatic nitrogens is 3. The van der Waals surface area contributed by atoms with Gasteiger partial charge in [-0.05, 0) is 49.2 Å². The van der Waals surface area contributed by atoms with Crippen molar-refractivity contribution < 1.29 is 9.53 Å². The molecule has 6 nitrogen and oxygen atoms in total. The molecule has 24 heavy (non-hydrogen) atoms. The number of nitrogens with zero attached hydrogens (tertiary/aromatic N) is 2. The number of para-hydroxylation sites is 1. The summed E-state index contributed by atoms with van der Waals surface area (Å²) in [5.41, 5.74) is 3.55. The lowest BCUT2D eigenvalue weighted by atomic mass is 10.1. The van der Waals surface area contributed by atoms with Crippen LogP contribution in [0.4, 0.5) is 5.95 Å². The van der Waals surface area contributed by atoms with Crippen molar-refractivity contribution in [3.05, 3.63) is 59.2 Å². The Balaban J connectivity index is 1.81. The summed E-state index contributed by atoms with van der Waals surface area (Å²) in [7, 11) is 1.59. The average Bonchev–Trinajstić information content (AvgIpc) is 3.05. The van der Waals surface area contributed by atoms with Gasteiger partial charge in [-0.25, -0.2) is 0 Å². The minimum Gasteiger partial charge on any atom is -0.496 e. The molecule has 6 heteroatoms. The molecule has 1 aromatic heterocycles. The van der Waals surface area contributed by atoms with Crippen LogP contribution in [0.2, 0.25) is 0 Å². The lowest BCUT2D eigenvalue weighted by Crippen LogP contribution is -2.13. The van der Waals surface area contributed by atoms with Crippen LogP contribution in [0.5, 0.6) is 5.75 Å².